The monoisotopic (exact) mass is 275 g/mol. The highest BCUT2D eigenvalue weighted by Crippen LogP contribution is 2.24. The molecule has 0 aliphatic carbocycles. The van der Waals surface area contributed by atoms with E-state index in [-0.39, 0.29) is 5.91 Å². The lowest BCUT2D eigenvalue weighted by atomic mass is 10.1. The van der Waals surface area contributed by atoms with E-state index in [0.29, 0.717) is 21.8 Å². The second-order valence-corrected chi connectivity index (χ2v) is 5.09. The minimum Gasteiger partial charge on any atom is -0.340 e. The molecule has 2 N–H and O–H groups in total. The zero-order valence-corrected chi connectivity index (χ0v) is 11.1. The van der Waals surface area contributed by atoms with Gasteiger partial charge in [0.25, 0.3) is 5.91 Å². The SMILES string of the molecule is CNCC1CCN(C(=O)c2cc(Cl)c(Cl)[nH]2)C1. The summed E-state index contributed by atoms with van der Waals surface area (Å²) in [5, 5.41) is 3.84. The molecule has 0 radical (unpaired) electrons. The first-order valence-electron chi connectivity index (χ1n) is 5.59. The average Bonchev–Trinajstić information content (AvgIpc) is 2.87. The number of rotatable bonds is 3. The van der Waals surface area contributed by atoms with Crippen LogP contribution in [0, 0.1) is 5.92 Å². The average molecular weight is 276 g/mol. The van der Waals surface area contributed by atoms with E-state index in [9.17, 15) is 4.79 Å². The molecular formula is C11H15Cl2N3O. The highest BCUT2D eigenvalue weighted by atomic mass is 35.5. The van der Waals surface area contributed by atoms with Crippen LogP contribution in [0.5, 0.6) is 0 Å². The van der Waals surface area contributed by atoms with Gasteiger partial charge < -0.3 is 15.2 Å². The van der Waals surface area contributed by atoms with Crippen molar-refractivity contribution in [2.24, 2.45) is 5.92 Å². The Morgan fingerprint density at radius 2 is 2.41 bits per heavy atom. The molecule has 2 heterocycles. The minimum absolute atomic E-state index is 0.0302. The molecule has 0 spiro atoms. The van der Waals surface area contributed by atoms with Crippen molar-refractivity contribution in [2.45, 2.75) is 6.42 Å². The predicted molar refractivity (Wildman–Crippen MR) is 68.7 cm³/mol. The number of aromatic nitrogens is 1. The van der Waals surface area contributed by atoms with Crippen molar-refractivity contribution in [2.75, 3.05) is 26.7 Å². The van der Waals surface area contributed by atoms with Gasteiger partial charge in [-0.2, -0.15) is 0 Å². The van der Waals surface area contributed by atoms with Gasteiger partial charge in [0.1, 0.15) is 10.8 Å². The molecule has 6 heteroatoms. The van der Waals surface area contributed by atoms with Crippen LogP contribution in [0.3, 0.4) is 0 Å². The molecule has 0 bridgehead atoms. The Bertz CT molecular complexity index is 399. The van der Waals surface area contributed by atoms with Crippen LogP contribution in [0.25, 0.3) is 0 Å². The lowest BCUT2D eigenvalue weighted by molar-refractivity contribution is 0.0782. The number of nitrogens with one attached hydrogen (secondary N) is 2. The van der Waals surface area contributed by atoms with E-state index in [0.717, 1.165) is 26.1 Å². The van der Waals surface area contributed by atoms with Gasteiger partial charge in [0.2, 0.25) is 0 Å². The summed E-state index contributed by atoms with van der Waals surface area (Å²) in [6.45, 7) is 2.52. The van der Waals surface area contributed by atoms with Crippen LogP contribution in [0.4, 0.5) is 0 Å². The maximum absolute atomic E-state index is 12.1. The molecule has 4 nitrogen and oxygen atoms in total. The summed E-state index contributed by atoms with van der Waals surface area (Å²) in [6.07, 6.45) is 1.04. The third kappa shape index (κ3) is 2.76. The van der Waals surface area contributed by atoms with Gasteiger partial charge in [-0.1, -0.05) is 23.2 Å². The topological polar surface area (TPSA) is 48.1 Å². The molecule has 1 atom stereocenters. The maximum Gasteiger partial charge on any atom is 0.270 e. The van der Waals surface area contributed by atoms with Crippen LogP contribution in [-0.2, 0) is 0 Å². The molecule has 17 heavy (non-hydrogen) atoms. The van der Waals surface area contributed by atoms with Gasteiger partial charge in [-0.05, 0) is 32.0 Å². The van der Waals surface area contributed by atoms with Crippen LogP contribution < -0.4 is 5.32 Å². The molecule has 1 aliphatic rings. The van der Waals surface area contributed by atoms with E-state index >= 15 is 0 Å². The molecule has 1 aliphatic heterocycles. The normalized spacial score (nSPS) is 19.9. The predicted octanol–water partition coefficient (Wildman–Crippen LogP) is 2.00. The highest BCUT2D eigenvalue weighted by Gasteiger charge is 2.27. The van der Waals surface area contributed by atoms with Crippen LogP contribution in [0.15, 0.2) is 6.07 Å². The number of carbonyl (C=O) groups excluding carboxylic acids is 1. The van der Waals surface area contributed by atoms with Crippen molar-refractivity contribution in [3.8, 4) is 0 Å². The standard InChI is InChI=1S/C11H15Cl2N3O/c1-14-5-7-2-3-16(6-7)11(17)9-4-8(12)10(13)15-9/h4,7,14-15H,2-3,5-6H2,1H3. The molecule has 0 aromatic carbocycles. The van der Waals surface area contributed by atoms with Crippen molar-refractivity contribution in [3.63, 3.8) is 0 Å². The molecule has 1 aromatic rings. The number of amides is 1. The van der Waals surface area contributed by atoms with Crippen molar-refractivity contribution in [1.29, 1.82) is 0 Å². The zero-order valence-electron chi connectivity index (χ0n) is 9.59. The molecule has 94 valence electrons. The Morgan fingerprint density at radius 3 is 3.00 bits per heavy atom. The van der Waals surface area contributed by atoms with Crippen molar-refractivity contribution in [1.82, 2.24) is 15.2 Å². The molecule has 0 saturated carbocycles. The van der Waals surface area contributed by atoms with Gasteiger partial charge in [-0.15, -0.1) is 0 Å². The second kappa shape index (κ2) is 5.29. The fourth-order valence-corrected chi connectivity index (χ4v) is 2.47. The third-order valence-corrected chi connectivity index (χ3v) is 3.71. The minimum atomic E-state index is -0.0302. The second-order valence-electron chi connectivity index (χ2n) is 4.31. The number of H-pyrrole nitrogens is 1. The fraction of sp³-hybridized carbons (Fsp3) is 0.545. The summed E-state index contributed by atoms with van der Waals surface area (Å²) in [7, 11) is 1.93. The molecule has 1 unspecified atom stereocenters. The van der Waals surface area contributed by atoms with Crippen molar-refractivity contribution >= 4 is 29.1 Å². The van der Waals surface area contributed by atoms with Crippen molar-refractivity contribution < 1.29 is 4.79 Å². The quantitative estimate of drug-likeness (QED) is 0.887. The number of nitrogens with zero attached hydrogens (tertiary/aromatic N) is 1. The van der Waals surface area contributed by atoms with E-state index in [4.69, 9.17) is 23.2 Å². The number of likely N-dealkylation sites (tertiary alicyclic amines) is 1. The number of hydrogen-bond donors (Lipinski definition) is 2. The van der Waals surface area contributed by atoms with Crippen LogP contribution in [0.1, 0.15) is 16.9 Å². The fourth-order valence-electron chi connectivity index (χ4n) is 2.16. The summed E-state index contributed by atoms with van der Waals surface area (Å²) >= 11 is 11.6. The van der Waals surface area contributed by atoms with Crippen LogP contribution in [0.2, 0.25) is 10.2 Å². The Hall–Kier alpha value is -0.710. The smallest absolute Gasteiger partial charge is 0.270 e. The molecule has 1 amide bonds. The van der Waals surface area contributed by atoms with E-state index in [1.165, 1.54) is 0 Å². The largest absolute Gasteiger partial charge is 0.340 e. The first-order chi connectivity index (χ1) is 8.11. The first kappa shape index (κ1) is 12.7. The van der Waals surface area contributed by atoms with Gasteiger partial charge in [0.15, 0.2) is 0 Å². The third-order valence-electron chi connectivity index (χ3n) is 3.02. The van der Waals surface area contributed by atoms with E-state index < -0.39 is 0 Å². The van der Waals surface area contributed by atoms with E-state index in [1.807, 2.05) is 11.9 Å². The van der Waals surface area contributed by atoms with Crippen LogP contribution >= 0.6 is 23.2 Å². The number of carbonyl (C=O) groups is 1. The number of hydrogen-bond acceptors (Lipinski definition) is 2. The van der Waals surface area contributed by atoms with Gasteiger partial charge in [0, 0.05) is 13.1 Å². The lowest BCUT2D eigenvalue weighted by Gasteiger charge is -2.15. The molecule has 2 rings (SSSR count). The van der Waals surface area contributed by atoms with E-state index in [2.05, 4.69) is 10.3 Å². The zero-order chi connectivity index (χ0) is 12.4. The summed E-state index contributed by atoms with van der Waals surface area (Å²) in [4.78, 5) is 16.7. The molecular weight excluding hydrogens is 261 g/mol. The summed E-state index contributed by atoms with van der Waals surface area (Å²) < 4.78 is 0. The van der Waals surface area contributed by atoms with Gasteiger partial charge >= 0.3 is 0 Å². The summed E-state index contributed by atoms with van der Waals surface area (Å²) in [5.74, 6) is 0.502. The first-order valence-corrected chi connectivity index (χ1v) is 6.35. The Balaban J connectivity index is 2.02. The highest BCUT2D eigenvalue weighted by molar-refractivity contribution is 6.41. The van der Waals surface area contributed by atoms with Gasteiger partial charge in [0.05, 0.1) is 5.02 Å². The Morgan fingerprint density at radius 1 is 1.65 bits per heavy atom. The number of aromatic amines is 1. The molecule has 1 fully saturated rings. The maximum atomic E-state index is 12.1. The van der Waals surface area contributed by atoms with Crippen molar-refractivity contribution in [3.05, 3.63) is 21.9 Å². The Labute approximate surface area is 110 Å². The molecule has 1 aromatic heterocycles. The summed E-state index contributed by atoms with van der Waals surface area (Å²) in [6, 6.07) is 1.58. The molecule has 1 saturated heterocycles. The van der Waals surface area contributed by atoms with E-state index in [1.54, 1.807) is 6.07 Å². The summed E-state index contributed by atoms with van der Waals surface area (Å²) in [5.41, 5.74) is 0.463. The van der Waals surface area contributed by atoms with Gasteiger partial charge in [-0.25, -0.2) is 0 Å². The van der Waals surface area contributed by atoms with Gasteiger partial charge in [-0.3, -0.25) is 4.79 Å². The lowest BCUT2D eigenvalue weighted by Crippen LogP contribution is -2.30. The Kier molecular flexibility index (Phi) is 3.97. The van der Waals surface area contributed by atoms with Crippen LogP contribution in [-0.4, -0.2) is 42.5 Å². The number of halogens is 2.